The second-order valence-corrected chi connectivity index (χ2v) is 6.41. The number of hydrogen-bond acceptors (Lipinski definition) is 4. The first kappa shape index (κ1) is 15.2. The van der Waals surface area contributed by atoms with Crippen molar-refractivity contribution in [1.82, 2.24) is 15.4 Å². The van der Waals surface area contributed by atoms with Crippen molar-refractivity contribution in [3.05, 3.63) is 11.8 Å². The minimum Gasteiger partial charge on any atom is -0.360 e. The van der Waals surface area contributed by atoms with E-state index < -0.39 is 0 Å². The van der Waals surface area contributed by atoms with Crippen LogP contribution in [-0.4, -0.2) is 48.3 Å². The highest BCUT2D eigenvalue weighted by atomic mass is 16.5. The van der Waals surface area contributed by atoms with Crippen LogP contribution in [0.1, 0.15) is 44.3 Å². The standard InChI is InChI=1S/C16H26N4O2/c1-13-12-15(18-22-13)19-8-10-20(11-9-19)16(21)17-14-6-4-2-3-5-7-14/h12,14H,2-11H2,1H3,(H,17,21). The predicted molar refractivity (Wildman–Crippen MR) is 85.0 cm³/mol. The summed E-state index contributed by atoms with van der Waals surface area (Å²) in [5.41, 5.74) is 0. The predicted octanol–water partition coefficient (Wildman–Crippen LogP) is 2.54. The van der Waals surface area contributed by atoms with Crippen molar-refractivity contribution in [2.24, 2.45) is 0 Å². The smallest absolute Gasteiger partial charge is 0.317 e. The van der Waals surface area contributed by atoms with Gasteiger partial charge in [0.1, 0.15) is 5.76 Å². The molecule has 1 aromatic heterocycles. The topological polar surface area (TPSA) is 61.6 Å². The molecule has 0 bridgehead atoms. The van der Waals surface area contributed by atoms with E-state index in [1.54, 1.807) is 0 Å². The van der Waals surface area contributed by atoms with Gasteiger partial charge < -0.3 is 19.6 Å². The number of anilines is 1. The van der Waals surface area contributed by atoms with E-state index in [4.69, 9.17) is 4.52 Å². The van der Waals surface area contributed by atoms with Gasteiger partial charge in [-0.3, -0.25) is 0 Å². The molecule has 2 amide bonds. The molecule has 22 heavy (non-hydrogen) atoms. The molecule has 0 unspecified atom stereocenters. The van der Waals surface area contributed by atoms with Gasteiger partial charge in [-0.25, -0.2) is 4.79 Å². The Labute approximate surface area is 131 Å². The maximum absolute atomic E-state index is 12.4. The highest BCUT2D eigenvalue weighted by Crippen LogP contribution is 2.18. The number of piperazine rings is 1. The zero-order valence-electron chi connectivity index (χ0n) is 13.4. The molecule has 2 heterocycles. The highest BCUT2D eigenvalue weighted by Gasteiger charge is 2.24. The van der Waals surface area contributed by atoms with Crippen LogP contribution in [0.15, 0.2) is 10.6 Å². The van der Waals surface area contributed by atoms with Gasteiger partial charge in [-0.1, -0.05) is 30.8 Å². The van der Waals surface area contributed by atoms with E-state index >= 15 is 0 Å². The third-order valence-electron chi connectivity index (χ3n) is 4.69. The van der Waals surface area contributed by atoms with Gasteiger partial charge in [0.15, 0.2) is 5.82 Å². The van der Waals surface area contributed by atoms with Gasteiger partial charge in [-0.05, 0) is 19.8 Å². The van der Waals surface area contributed by atoms with E-state index in [9.17, 15) is 4.79 Å². The van der Waals surface area contributed by atoms with Crippen LogP contribution < -0.4 is 10.2 Å². The van der Waals surface area contributed by atoms with Gasteiger partial charge >= 0.3 is 6.03 Å². The highest BCUT2D eigenvalue weighted by molar-refractivity contribution is 5.74. The van der Waals surface area contributed by atoms with Crippen LogP contribution in [0.25, 0.3) is 0 Å². The SMILES string of the molecule is Cc1cc(N2CCN(C(=O)NC3CCCCCC3)CC2)no1. The Bertz CT molecular complexity index is 486. The summed E-state index contributed by atoms with van der Waals surface area (Å²) in [7, 11) is 0. The molecule has 6 nitrogen and oxygen atoms in total. The van der Waals surface area contributed by atoms with E-state index in [0.717, 1.165) is 50.6 Å². The van der Waals surface area contributed by atoms with E-state index in [-0.39, 0.29) is 6.03 Å². The molecule has 1 aromatic rings. The normalized spacial score (nSPS) is 20.8. The largest absolute Gasteiger partial charge is 0.360 e. The van der Waals surface area contributed by atoms with Gasteiger partial charge in [0.25, 0.3) is 0 Å². The number of rotatable bonds is 2. The number of nitrogens with zero attached hydrogens (tertiary/aromatic N) is 3. The van der Waals surface area contributed by atoms with Crippen molar-refractivity contribution in [2.45, 2.75) is 51.5 Å². The summed E-state index contributed by atoms with van der Waals surface area (Å²) in [6.07, 6.45) is 7.35. The lowest BCUT2D eigenvalue weighted by Crippen LogP contribution is -2.53. The zero-order chi connectivity index (χ0) is 15.4. The number of aryl methyl sites for hydroxylation is 1. The fourth-order valence-electron chi connectivity index (χ4n) is 3.33. The Morgan fingerprint density at radius 3 is 2.45 bits per heavy atom. The first-order valence-electron chi connectivity index (χ1n) is 8.46. The Kier molecular flexibility index (Phi) is 4.85. The maximum Gasteiger partial charge on any atom is 0.317 e. The third-order valence-corrected chi connectivity index (χ3v) is 4.69. The maximum atomic E-state index is 12.4. The molecule has 1 aliphatic heterocycles. The summed E-state index contributed by atoms with van der Waals surface area (Å²) in [6, 6.07) is 2.41. The van der Waals surface area contributed by atoms with Gasteiger partial charge in [0.2, 0.25) is 0 Å². The lowest BCUT2D eigenvalue weighted by Gasteiger charge is -2.35. The van der Waals surface area contributed by atoms with Gasteiger partial charge in [-0.2, -0.15) is 0 Å². The molecular weight excluding hydrogens is 280 g/mol. The van der Waals surface area contributed by atoms with Crippen molar-refractivity contribution in [2.75, 3.05) is 31.1 Å². The molecule has 3 rings (SSSR count). The van der Waals surface area contributed by atoms with Crippen molar-refractivity contribution in [3.8, 4) is 0 Å². The summed E-state index contributed by atoms with van der Waals surface area (Å²) in [4.78, 5) is 16.5. The molecule has 0 spiro atoms. The van der Waals surface area contributed by atoms with Gasteiger partial charge in [0, 0.05) is 38.3 Å². The molecule has 0 atom stereocenters. The molecule has 0 radical (unpaired) electrons. The first-order valence-corrected chi connectivity index (χ1v) is 8.46. The minimum atomic E-state index is 0.0999. The molecule has 1 saturated carbocycles. The van der Waals surface area contributed by atoms with Crippen LogP contribution in [0.2, 0.25) is 0 Å². The first-order chi connectivity index (χ1) is 10.7. The van der Waals surface area contributed by atoms with Crippen LogP contribution in [0.4, 0.5) is 10.6 Å². The summed E-state index contributed by atoms with van der Waals surface area (Å²) < 4.78 is 5.12. The summed E-state index contributed by atoms with van der Waals surface area (Å²) in [5.74, 6) is 1.70. The summed E-state index contributed by atoms with van der Waals surface area (Å²) >= 11 is 0. The zero-order valence-corrected chi connectivity index (χ0v) is 13.4. The van der Waals surface area contributed by atoms with Crippen LogP contribution in [0.5, 0.6) is 0 Å². The van der Waals surface area contributed by atoms with Gasteiger partial charge in [0.05, 0.1) is 0 Å². The molecule has 0 aromatic carbocycles. The number of carbonyl (C=O) groups excluding carboxylic acids is 1. The minimum absolute atomic E-state index is 0.0999. The van der Waals surface area contributed by atoms with Crippen LogP contribution in [-0.2, 0) is 0 Å². The molecule has 2 fully saturated rings. The molecule has 2 aliphatic rings. The quantitative estimate of drug-likeness (QED) is 0.853. The van der Waals surface area contributed by atoms with E-state index in [2.05, 4.69) is 15.4 Å². The fraction of sp³-hybridized carbons (Fsp3) is 0.750. The molecule has 1 aliphatic carbocycles. The number of nitrogens with one attached hydrogen (secondary N) is 1. The third kappa shape index (κ3) is 3.72. The van der Waals surface area contributed by atoms with Crippen LogP contribution >= 0.6 is 0 Å². The second kappa shape index (κ2) is 7.03. The van der Waals surface area contributed by atoms with Crippen molar-refractivity contribution < 1.29 is 9.32 Å². The molecule has 1 N–H and O–H groups in total. The van der Waals surface area contributed by atoms with Gasteiger partial charge in [-0.15, -0.1) is 0 Å². The van der Waals surface area contributed by atoms with E-state index in [1.165, 1.54) is 25.7 Å². The summed E-state index contributed by atoms with van der Waals surface area (Å²) in [5, 5.41) is 7.27. The number of carbonyl (C=O) groups is 1. The Morgan fingerprint density at radius 2 is 1.86 bits per heavy atom. The monoisotopic (exact) mass is 306 g/mol. The number of urea groups is 1. The van der Waals surface area contributed by atoms with E-state index in [0.29, 0.717) is 6.04 Å². The van der Waals surface area contributed by atoms with E-state index in [1.807, 2.05) is 17.9 Å². The van der Waals surface area contributed by atoms with Crippen molar-refractivity contribution in [3.63, 3.8) is 0 Å². The number of aromatic nitrogens is 1. The summed E-state index contributed by atoms with van der Waals surface area (Å²) in [6.45, 7) is 5.00. The molecular formula is C16H26N4O2. The fourth-order valence-corrected chi connectivity index (χ4v) is 3.33. The van der Waals surface area contributed by atoms with Crippen LogP contribution in [0.3, 0.4) is 0 Å². The average Bonchev–Trinajstić information content (AvgIpc) is 2.80. The van der Waals surface area contributed by atoms with Crippen molar-refractivity contribution in [1.29, 1.82) is 0 Å². The van der Waals surface area contributed by atoms with Crippen LogP contribution in [0, 0.1) is 6.92 Å². The Balaban J connectivity index is 1.47. The molecule has 122 valence electrons. The lowest BCUT2D eigenvalue weighted by molar-refractivity contribution is 0.188. The number of amides is 2. The molecule has 1 saturated heterocycles. The Hall–Kier alpha value is -1.72. The second-order valence-electron chi connectivity index (χ2n) is 6.41. The lowest BCUT2D eigenvalue weighted by atomic mass is 10.1. The average molecular weight is 306 g/mol. The van der Waals surface area contributed by atoms with Crippen molar-refractivity contribution >= 4 is 11.8 Å². The number of hydrogen-bond donors (Lipinski definition) is 1. The molecule has 6 heteroatoms. The Morgan fingerprint density at radius 1 is 1.18 bits per heavy atom.